The Bertz CT molecular complexity index is 713. The summed E-state index contributed by atoms with van der Waals surface area (Å²) in [5.74, 6) is 0. The molecule has 1 unspecified atom stereocenters. The van der Waals surface area contributed by atoms with Crippen molar-refractivity contribution < 1.29 is 9.94 Å². The predicted octanol–water partition coefficient (Wildman–Crippen LogP) is 3.12. The van der Waals surface area contributed by atoms with Crippen molar-refractivity contribution in [3.63, 3.8) is 0 Å². The fraction of sp³-hybridized carbons (Fsp3) is 0.286. The average molecular weight is 336 g/mol. The van der Waals surface area contributed by atoms with E-state index in [-0.39, 0.29) is 6.61 Å². The number of benzene rings is 2. The van der Waals surface area contributed by atoms with Crippen LogP contribution in [0.1, 0.15) is 16.7 Å². The lowest BCUT2D eigenvalue weighted by Crippen LogP contribution is -2.38. The molecule has 0 saturated carbocycles. The number of hydrogen-bond acceptors (Lipinski definition) is 4. The molecule has 2 aromatic carbocycles. The van der Waals surface area contributed by atoms with Crippen LogP contribution in [0, 0.1) is 0 Å². The number of aliphatic hydroxyl groups excluding tert-OH is 1. The number of allylic oxidation sites excluding steroid dienone is 1. The Hall–Kier alpha value is -2.43. The normalized spacial score (nSPS) is 16.2. The van der Waals surface area contributed by atoms with Gasteiger partial charge < -0.3 is 9.94 Å². The van der Waals surface area contributed by atoms with Crippen molar-refractivity contribution in [1.82, 2.24) is 4.90 Å². The van der Waals surface area contributed by atoms with E-state index in [4.69, 9.17) is 4.84 Å². The molecule has 130 valence electrons. The second-order valence-electron chi connectivity index (χ2n) is 6.23. The van der Waals surface area contributed by atoms with Crippen LogP contribution in [0.25, 0.3) is 6.08 Å². The molecule has 4 nitrogen and oxygen atoms in total. The zero-order valence-corrected chi connectivity index (χ0v) is 14.3. The summed E-state index contributed by atoms with van der Waals surface area (Å²) in [6, 6.07) is 18.5. The highest BCUT2D eigenvalue weighted by atomic mass is 16.6. The second-order valence-corrected chi connectivity index (χ2v) is 6.23. The Kier molecular flexibility index (Phi) is 6.37. The fourth-order valence-electron chi connectivity index (χ4n) is 2.99. The van der Waals surface area contributed by atoms with E-state index >= 15 is 0 Å². The molecule has 0 spiro atoms. The third-order valence-corrected chi connectivity index (χ3v) is 4.26. The van der Waals surface area contributed by atoms with Crippen molar-refractivity contribution in [2.45, 2.75) is 19.1 Å². The van der Waals surface area contributed by atoms with Crippen molar-refractivity contribution >= 4 is 12.3 Å². The maximum Gasteiger partial charge on any atom is 0.144 e. The Morgan fingerprint density at radius 3 is 2.68 bits per heavy atom. The van der Waals surface area contributed by atoms with Gasteiger partial charge in [0.05, 0.1) is 6.21 Å². The van der Waals surface area contributed by atoms with Crippen molar-refractivity contribution in [3.05, 3.63) is 77.4 Å². The summed E-state index contributed by atoms with van der Waals surface area (Å²) in [6.45, 7) is 2.66. The van der Waals surface area contributed by atoms with Crippen LogP contribution >= 0.6 is 0 Å². The smallest absolute Gasteiger partial charge is 0.144 e. The minimum atomic E-state index is -0.541. The maximum absolute atomic E-state index is 10.1. The lowest BCUT2D eigenvalue weighted by atomic mass is 10.00. The van der Waals surface area contributed by atoms with Gasteiger partial charge in [-0.2, -0.15) is 0 Å². The molecule has 4 heteroatoms. The van der Waals surface area contributed by atoms with Crippen LogP contribution in [0.4, 0.5) is 0 Å². The highest BCUT2D eigenvalue weighted by Gasteiger charge is 2.18. The van der Waals surface area contributed by atoms with Gasteiger partial charge in [0.15, 0.2) is 0 Å². The first kappa shape index (κ1) is 17.4. The number of oxime groups is 1. The predicted molar refractivity (Wildman–Crippen MR) is 101 cm³/mol. The molecule has 1 N–H and O–H groups in total. The number of hydrogen-bond donors (Lipinski definition) is 1. The molecule has 0 fully saturated rings. The minimum absolute atomic E-state index is 0.202. The monoisotopic (exact) mass is 336 g/mol. The zero-order chi connectivity index (χ0) is 17.3. The SMILES string of the molecule is OC(CO/N=C/C=C/c1ccccc1)CN1CCc2ccccc2C1. The van der Waals surface area contributed by atoms with Crippen LogP contribution in [0.15, 0.2) is 65.8 Å². The first-order valence-corrected chi connectivity index (χ1v) is 8.65. The Morgan fingerprint density at radius 2 is 1.84 bits per heavy atom. The lowest BCUT2D eigenvalue weighted by molar-refractivity contribution is 0.0171. The van der Waals surface area contributed by atoms with Crippen molar-refractivity contribution in [3.8, 4) is 0 Å². The van der Waals surface area contributed by atoms with Crippen LogP contribution in [-0.4, -0.2) is 42.0 Å². The summed E-state index contributed by atoms with van der Waals surface area (Å²) in [7, 11) is 0. The third-order valence-electron chi connectivity index (χ3n) is 4.26. The number of nitrogens with zero attached hydrogens (tertiary/aromatic N) is 2. The van der Waals surface area contributed by atoms with Crippen molar-refractivity contribution in [2.75, 3.05) is 19.7 Å². The summed E-state index contributed by atoms with van der Waals surface area (Å²) in [5, 5.41) is 14.0. The average Bonchev–Trinajstić information content (AvgIpc) is 2.65. The van der Waals surface area contributed by atoms with E-state index < -0.39 is 6.10 Å². The highest BCUT2D eigenvalue weighted by molar-refractivity contribution is 5.77. The van der Waals surface area contributed by atoms with E-state index in [1.54, 1.807) is 6.21 Å². The molecule has 2 aromatic rings. The van der Waals surface area contributed by atoms with Gasteiger partial charge in [-0.1, -0.05) is 65.8 Å². The van der Waals surface area contributed by atoms with Crippen LogP contribution in [0.5, 0.6) is 0 Å². The summed E-state index contributed by atoms with van der Waals surface area (Å²) >= 11 is 0. The van der Waals surface area contributed by atoms with Crippen LogP contribution in [0.3, 0.4) is 0 Å². The first-order chi connectivity index (χ1) is 12.3. The van der Waals surface area contributed by atoms with E-state index in [0.717, 1.165) is 25.1 Å². The van der Waals surface area contributed by atoms with E-state index in [9.17, 15) is 5.11 Å². The van der Waals surface area contributed by atoms with Gasteiger partial charge in [-0.3, -0.25) is 4.90 Å². The van der Waals surface area contributed by atoms with E-state index in [1.165, 1.54) is 11.1 Å². The number of rotatable bonds is 7. The van der Waals surface area contributed by atoms with Gasteiger partial charge in [-0.25, -0.2) is 0 Å². The van der Waals surface area contributed by atoms with Gasteiger partial charge in [0, 0.05) is 19.6 Å². The number of aliphatic hydroxyl groups is 1. The van der Waals surface area contributed by atoms with Gasteiger partial charge in [0.25, 0.3) is 0 Å². The molecule has 0 radical (unpaired) electrons. The molecule has 0 saturated heterocycles. The molecule has 1 heterocycles. The quantitative estimate of drug-likeness (QED) is 0.624. The molecule has 3 rings (SSSR count). The standard InChI is InChI=1S/C21H24N2O2/c24-21(16-23-14-12-19-10-4-5-11-20(19)15-23)17-25-22-13-6-9-18-7-2-1-3-8-18/h1-11,13,21,24H,12,14-17H2/b9-6+,22-13+. The zero-order valence-electron chi connectivity index (χ0n) is 14.3. The molecule has 0 aliphatic carbocycles. The van der Waals surface area contributed by atoms with Gasteiger partial charge in [-0.05, 0) is 29.2 Å². The van der Waals surface area contributed by atoms with E-state index in [1.807, 2.05) is 42.5 Å². The van der Waals surface area contributed by atoms with Gasteiger partial charge in [0.2, 0.25) is 0 Å². The molecule has 1 aliphatic rings. The van der Waals surface area contributed by atoms with Crippen LogP contribution in [-0.2, 0) is 17.8 Å². The molecule has 0 aromatic heterocycles. The van der Waals surface area contributed by atoms with E-state index in [2.05, 4.69) is 34.3 Å². The molecular weight excluding hydrogens is 312 g/mol. The maximum atomic E-state index is 10.1. The molecule has 1 atom stereocenters. The number of fused-ring (bicyclic) bond motifs is 1. The minimum Gasteiger partial charge on any atom is -0.393 e. The molecular formula is C21H24N2O2. The summed E-state index contributed by atoms with van der Waals surface area (Å²) < 4.78 is 0. The largest absolute Gasteiger partial charge is 0.393 e. The third kappa shape index (κ3) is 5.55. The molecule has 1 aliphatic heterocycles. The topological polar surface area (TPSA) is 45.1 Å². The van der Waals surface area contributed by atoms with E-state index in [0.29, 0.717) is 6.54 Å². The summed E-state index contributed by atoms with van der Waals surface area (Å²) in [5.41, 5.74) is 3.88. The van der Waals surface area contributed by atoms with Gasteiger partial charge in [-0.15, -0.1) is 0 Å². The Labute approximate surface area is 149 Å². The second kappa shape index (κ2) is 9.16. The van der Waals surface area contributed by atoms with Crippen LogP contribution < -0.4 is 0 Å². The Morgan fingerprint density at radius 1 is 1.08 bits per heavy atom. The molecule has 0 bridgehead atoms. The van der Waals surface area contributed by atoms with Crippen LogP contribution in [0.2, 0.25) is 0 Å². The fourth-order valence-corrected chi connectivity index (χ4v) is 2.99. The Balaban J connectivity index is 1.36. The van der Waals surface area contributed by atoms with Crippen molar-refractivity contribution in [1.29, 1.82) is 0 Å². The van der Waals surface area contributed by atoms with Crippen molar-refractivity contribution in [2.24, 2.45) is 5.16 Å². The van der Waals surface area contributed by atoms with Gasteiger partial charge >= 0.3 is 0 Å². The summed E-state index contributed by atoms with van der Waals surface area (Å²) in [4.78, 5) is 7.45. The van der Waals surface area contributed by atoms with Gasteiger partial charge in [0.1, 0.15) is 12.7 Å². The number of β-amino-alcohol motifs (C(OH)–C–C–N with tert-alkyl or cyclic N) is 1. The summed E-state index contributed by atoms with van der Waals surface area (Å²) in [6.07, 6.45) is 5.86. The highest BCUT2D eigenvalue weighted by Crippen LogP contribution is 2.18. The first-order valence-electron chi connectivity index (χ1n) is 8.65. The molecule has 25 heavy (non-hydrogen) atoms. The molecule has 0 amide bonds. The lowest BCUT2D eigenvalue weighted by Gasteiger charge is -2.29.